The van der Waals surface area contributed by atoms with E-state index in [1.165, 1.54) is 6.92 Å². The molecule has 0 aliphatic carbocycles. The number of ketones is 1. The number of nitrogens with zero attached hydrogens (tertiary/aromatic N) is 1. The largest absolute Gasteiger partial charge is 0.454 e. The molecule has 5 rings (SSSR count). The Hall–Kier alpha value is -3.54. The Labute approximate surface area is 148 Å². The highest BCUT2D eigenvalue weighted by Gasteiger charge is 2.21. The number of fused-ring (bicyclic) bond motifs is 3. The Balaban J connectivity index is 1.74. The van der Waals surface area contributed by atoms with Crippen LogP contribution in [0, 0.1) is 0 Å². The molecule has 6 nitrogen and oxygen atoms in total. The minimum Gasteiger partial charge on any atom is -0.454 e. The number of furan rings is 1. The molecule has 0 atom stereocenters. The summed E-state index contributed by atoms with van der Waals surface area (Å²) in [4.78, 5) is 16.7. The lowest BCUT2D eigenvalue weighted by atomic mass is 10.1. The van der Waals surface area contributed by atoms with Crippen LogP contribution < -0.4 is 14.8 Å². The summed E-state index contributed by atoms with van der Waals surface area (Å²) in [7, 11) is 0. The number of nitrogens with one attached hydrogen (secondary N) is 1. The fourth-order valence-electron chi connectivity index (χ4n) is 3.22. The molecule has 4 aromatic rings. The number of hydrogen-bond acceptors (Lipinski definition) is 6. The van der Waals surface area contributed by atoms with E-state index in [1.807, 2.05) is 30.3 Å². The number of benzene rings is 2. The van der Waals surface area contributed by atoms with Gasteiger partial charge < -0.3 is 19.2 Å². The van der Waals surface area contributed by atoms with Gasteiger partial charge in [0.15, 0.2) is 17.3 Å². The first-order valence-corrected chi connectivity index (χ1v) is 8.18. The van der Waals surface area contributed by atoms with E-state index in [9.17, 15) is 4.79 Å². The Bertz CT molecular complexity index is 1180. The van der Waals surface area contributed by atoms with Crippen molar-refractivity contribution < 1.29 is 18.7 Å². The average Bonchev–Trinajstić information content (AvgIpc) is 3.29. The lowest BCUT2D eigenvalue weighted by molar-refractivity contribution is 0.101. The van der Waals surface area contributed by atoms with E-state index in [-0.39, 0.29) is 12.6 Å². The number of hydrogen-bond donors (Lipinski definition) is 1. The van der Waals surface area contributed by atoms with E-state index < -0.39 is 0 Å². The van der Waals surface area contributed by atoms with Gasteiger partial charge in [0.1, 0.15) is 0 Å². The van der Waals surface area contributed by atoms with Crippen LogP contribution in [0.4, 0.5) is 11.4 Å². The number of para-hydroxylation sites is 1. The number of ether oxygens (including phenoxy) is 2. The van der Waals surface area contributed by atoms with E-state index in [4.69, 9.17) is 13.9 Å². The van der Waals surface area contributed by atoms with Crippen LogP contribution >= 0.6 is 0 Å². The van der Waals surface area contributed by atoms with Crippen molar-refractivity contribution in [3.05, 3.63) is 54.3 Å². The fourth-order valence-corrected chi connectivity index (χ4v) is 3.22. The van der Waals surface area contributed by atoms with Crippen LogP contribution in [0.5, 0.6) is 11.5 Å². The third kappa shape index (κ3) is 2.19. The van der Waals surface area contributed by atoms with Crippen LogP contribution in [-0.4, -0.2) is 17.6 Å². The van der Waals surface area contributed by atoms with E-state index >= 15 is 0 Å². The number of pyridine rings is 1. The highest BCUT2D eigenvalue weighted by molar-refractivity contribution is 6.09. The maximum atomic E-state index is 12.2. The molecule has 0 radical (unpaired) electrons. The van der Waals surface area contributed by atoms with Gasteiger partial charge in [-0.1, -0.05) is 18.2 Å². The molecule has 1 aliphatic heterocycles. The first-order valence-electron chi connectivity index (χ1n) is 8.18. The lowest BCUT2D eigenvalue weighted by Crippen LogP contribution is -2.02. The second-order valence-corrected chi connectivity index (χ2v) is 6.08. The molecular formula is C20H14N2O4. The number of Topliss-reactive ketones (excluding diaryl/α,β-unsaturated/α-hetero) is 1. The van der Waals surface area contributed by atoms with Crippen molar-refractivity contribution in [1.82, 2.24) is 4.98 Å². The molecular weight excluding hydrogens is 332 g/mol. The smallest absolute Gasteiger partial charge is 0.231 e. The van der Waals surface area contributed by atoms with Gasteiger partial charge in [-0.05, 0) is 25.1 Å². The zero-order chi connectivity index (χ0) is 17.7. The molecule has 26 heavy (non-hydrogen) atoms. The maximum absolute atomic E-state index is 12.2. The summed E-state index contributed by atoms with van der Waals surface area (Å²) in [6, 6.07) is 13.1. The zero-order valence-corrected chi connectivity index (χ0v) is 13.9. The van der Waals surface area contributed by atoms with Crippen LogP contribution in [0.3, 0.4) is 0 Å². The summed E-state index contributed by atoms with van der Waals surface area (Å²) in [6.07, 6.45) is 1.60. The topological polar surface area (TPSA) is 73.6 Å². The number of anilines is 2. The van der Waals surface area contributed by atoms with Crippen LogP contribution in [0.2, 0.25) is 0 Å². The van der Waals surface area contributed by atoms with Crippen molar-refractivity contribution in [3.63, 3.8) is 0 Å². The molecule has 2 aromatic carbocycles. The Morgan fingerprint density at radius 1 is 1.08 bits per heavy atom. The number of carbonyl (C=O) groups is 1. The van der Waals surface area contributed by atoms with E-state index in [2.05, 4.69) is 10.3 Å². The van der Waals surface area contributed by atoms with Crippen LogP contribution in [0.1, 0.15) is 17.3 Å². The third-order valence-electron chi connectivity index (χ3n) is 4.46. The highest BCUT2D eigenvalue weighted by atomic mass is 16.7. The van der Waals surface area contributed by atoms with E-state index in [1.54, 1.807) is 18.4 Å². The number of rotatable bonds is 3. The molecule has 1 N–H and O–H groups in total. The molecule has 128 valence electrons. The Kier molecular flexibility index (Phi) is 3.12. The van der Waals surface area contributed by atoms with E-state index in [0.29, 0.717) is 28.5 Å². The van der Waals surface area contributed by atoms with Crippen LogP contribution in [-0.2, 0) is 0 Å². The second kappa shape index (κ2) is 5.49. The van der Waals surface area contributed by atoms with Crippen molar-refractivity contribution in [1.29, 1.82) is 0 Å². The first kappa shape index (κ1) is 14.8. The summed E-state index contributed by atoms with van der Waals surface area (Å²) in [5, 5.41) is 5.18. The van der Waals surface area contributed by atoms with Crippen LogP contribution in [0.15, 0.2) is 53.1 Å². The van der Waals surface area contributed by atoms with Gasteiger partial charge in [0.05, 0.1) is 28.5 Å². The monoisotopic (exact) mass is 346 g/mol. The van der Waals surface area contributed by atoms with E-state index in [0.717, 1.165) is 22.0 Å². The molecule has 0 amide bonds. The van der Waals surface area contributed by atoms with Gasteiger partial charge in [-0.2, -0.15) is 0 Å². The minimum absolute atomic E-state index is 0.0624. The Morgan fingerprint density at radius 3 is 2.73 bits per heavy atom. The minimum atomic E-state index is -0.0624. The zero-order valence-electron chi connectivity index (χ0n) is 13.9. The van der Waals surface area contributed by atoms with Gasteiger partial charge in [-0.25, -0.2) is 4.98 Å². The van der Waals surface area contributed by atoms with Gasteiger partial charge in [-0.3, -0.25) is 4.79 Å². The summed E-state index contributed by atoms with van der Waals surface area (Å²) in [5.74, 6) is 1.13. The lowest BCUT2D eigenvalue weighted by Gasteiger charge is -2.14. The predicted octanol–water partition coefficient (Wildman–Crippen LogP) is 4.66. The molecule has 0 fully saturated rings. The summed E-state index contributed by atoms with van der Waals surface area (Å²) in [6.45, 7) is 1.68. The van der Waals surface area contributed by atoms with Crippen molar-refractivity contribution in [2.45, 2.75) is 6.92 Å². The quantitative estimate of drug-likeness (QED) is 0.544. The standard InChI is InChI=1S/C20H14N2O4/c1-11(23)14-8-17-18(26-10-25-17)9-16(14)21-19-12-4-2-3-5-15(12)22-20-13(19)6-7-24-20/h2-9H,10H2,1H3,(H,21,22). The van der Waals surface area contributed by atoms with Gasteiger partial charge in [0.25, 0.3) is 0 Å². The SMILES string of the molecule is CC(=O)c1cc2c(cc1Nc1c3ccccc3nc3occc13)OCO2. The van der Waals surface area contributed by atoms with Gasteiger partial charge in [0.2, 0.25) is 12.5 Å². The molecule has 6 heteroatoms. The third-order valence-corrected chi connectivity index (χ3v) is 4.46. The van der Waals surface area contributed by atoms with Gasteiger partial charge in [0, 0.05) is 17.0 Å². The molecule has 0 unspecified atom stereocenters. The highest BCUT2D eigenvalue weighted by Crippen LogP contribution is 2.40. The maximum Gasteiger partial charge on any atom is 0.231 e. The van der Waals surface area contributed by atoms with Crippen molar-refractivity contribution in [3.8, 4) is 11.5 Å². The molecule has 0 saturated heterocycles. The van der Waals surface area contributed by atoms with Crippen molar-refractivity contribution in [2.75, 3.05) is 12.1 Å². The molecule has 2 aromatic heterocycles. The molecule has 0 spiro atoms. The summed E-state index contributed by atoms with van der Waals surface area (Å²) in [5.41, 5.74) is 3.37. The van der Waals surface area contributed by atoms with Gasteiger partial charge >= 0.3 is 0 Å². The number of aromatic nitrogens is 1. The molecule has 3 heterocycles. The summed E-state index contributed by atoms with van der Waals surface area (Å²) < 4.78 is 16.4. The van der Waals surface area contributed by atoms with Crippen LogP contribution in [0.25, 0.3) is 22.0 Å². The molecule has 0 bridgehead atoms. The number of carbonyl (C=O) groups excluding carboxylic acids is 1. The average molecular weight is 346 g/mol. The molecule has 0 saturated carbocycles. The predicted molar refractivity (Wildman–Crippen MR) is 97.4 cm³/mol. The van der Waals surface area contributed by atoms with Gasteiger partial charge in [-0.15, -0.1) is 0 Å². The second-order valence-electron chi connectivity index (χ2n) is 6.08. The normalized spacial score (nSPS) is 12.7. The fraction of sp³-hybridized carbons (Fsp3) is 0.100. The van der Waals surface area contributed by atoms with Crippen molar-refractivity contribution >= 4 is 39.2 Å². The first-order chi connectivity index (χ1) is 12.7. The summed E-state index contributed by atoms with van der Waals surface area (Å²) >= 11 is 0. The Morgan fingerprint density at radius 2 is 1.88 bits per heavy atom. The van der Waals surface area contributed by atoms with Crippen molar-refractivity contribution in [2.24, 2.45) is 0 Å². The molecule has 1 aliphatic rings.